The summed E-state index contributed by atoms with van der Waals surface area (Å²) in [6.45, 7) is 0.407. The third-order valence-corrected chi connectivity index (χ3v) is 5.61. The van der Waals surface area contributed by atoms with Crippen LogP contribution in [0.25, 0.3) is 0 Å². The highest BCUT2D eigenvalue weighted by Crippen LogP contribution is 2.57. The molecule has 1 aliphatic rings. The molecule has 1 unspecified atom stereocenters. The molecule has 102 valence electrons. The van der Waals surface area contributed by atoms with Crippen molar-refractivity contribution in [1.82, 2.24) is 0 Å². The fourth-order valence-electron chi connectivity index (χ4n) is 2.40. The van der Waals surface area contributed by atoms with E-state index in [1.54, 1.807) is 5.82 Å². The van der Waals surface area contributed by atoms with Gasteiger partial charge in [-0.05, 0) is 16.9 Å². The fourth-order valence-corrected chi connectivity index (χ4v) is 4.43. The molecule has 0 fully saturated rings. The molecule has 2 nitrogen and oxygen atoms in total. The molecule has 0 amide bonds. The van der Waals surface area contributed by atoms with Crippen LogP contribution in [0.4, 0.5) is 0 Å². The number of benzene rings is 2. The van der Waals surface area contributed by atoms with Crippen molar-refractivity contribution < 1.29 is 9.09 Å². The van der Waals surface area contributed by atoms with Crippen molar-refractivity contribution in [1.29, 1.82) is 0 Å². The first-order chi connectivity index (χ1) is 9.75. The number of rotatable bonds is 4. The summed E-state index contributed by atoms with van der Waals surface area (Å²) in [6, 6.07) is 20.0. The monoisotopic (exact) mass is 284 g/mol. The van der Waals surface area contributed by atoms with Crippen LogP contribution in [0.2, 0.25) is 0 Å². The maximum atomic E-state index is 12.7. The summed E-state index contributed by atoms with van der Waals surface area (Å²) in [6.07, 6.45) is 2.59. The van der Waals surface area contributed by atoms with Gasteiger partial charge < -0.3 is 4.52 Å². The van der Waals surface area contributed by atoms with Crippen molar-refractivity contribution in [3.05, 3.63) is 83.7 Å². The SMILES string of the molecule is O=P1(OCc2ccccc2)C=C[C@H](c2ccccc2)C1. The summed E-state index contributed by atoms with van der Waals surface area (Å²) >= 11 is 0. The second-order valence-electron chi connectivity index (χ2n) is 5.03. The molecule has 3 rings (SSSR count). The van der Waals surface area contributed by atoms with Gasteiger partial charge in [0, 0.05) is 12.1 Å². The van der Waals surface area contributed by atoms with E-state index in [9.17, 15) is 4.57 Å². The van der Waals surface area contributed by atoms with Gasteiger partial charge in [-0.15, -0.1) is 0 Å². The molecule has 20 heavy (non-hydrogen) atoms. The van der Waals surface area contributed by atoms with Crippen LogP contribution in [0.15, 0.2) is 72.6 Å². The molecular weight excluding hydrogens is 267 g/mol. The quantitative estimate of drug-likeness (QED) is 0.754. The zero-order valence-electron chi connectivity index (χ0n) is 11.2. The summed E-state index contributed by atoms with van der Waals surface area (Å²) < 4.78 is 18.4. The van der Waals surface area contributed by atoms with Crippen molar-refractivity contribution in [3.63, 3.8) is 0 Å². The molecule has 1 heterocycles. The molecule has 0 aliphatic carbocycles. The summed E-state index contributed by atoms with van der Waals surface area (Å²) in [5.74, 6) is 1.98. The Kier molecular flexibility index (Phi) is 3.86. The Morgan fingerprint density at radius 2 is 1.65 bits per heavy atom. The molecule has 0 bridgehead atoms. The minimum Gasteiger partial charge on any atom is -0.321 e. The van der Waals surface area contributed by atoms with Gasteiger partial charge in [-0.3, -0.25) is 4.57 Å². The van der Waals surface area contributed by atoms with Gasteiger partial charge in [-0.25, -0.2) is 0 Å². The first-order valence-corrected chi connectivity index (χ1v) is 8.65. The topological polar surface area (TPSA) is 26.3 Å². The average Bonchev–Trinajstić information content (AvgIpc) is 2.90. The van der Waals surface area contributed by atoms with Crippen LogP contribution in [-0.2, 0) is 15.7 Å². The van der Waals surface area contributed by atoms with Gasteiger partial charge in [0.05, 0.1) is 6.61 Å². The second-order valence-corrected chi connectivity index (χ2v) is 7.40. The lowest BCUT2D eigenvalue weighted by atomic mass is 10.0. The van der Waals surface area contributed by atoms with Gasteiger partial charge in [-0.1, -0.05) is 66.7 Å². The third kappa shape index (κ3) is 3.09. The molecule has 3 heteroatoms. The third-order valence-electron chi connectivity index (χ3n) is 3.52. The molecule has 0 aromatic heterocycles. The normalized spacial score (nSPS) is 24.9. The fraction of sp³-hybridized carbons (Fsp3) is 0.176. The van der Waals surface area contributed by atoms with Crippen LogP contribution < -0.4 is 0 Å². The highest BCUT2D eigenvalue weighted by Gasteiger charge is 2.30. The Balaban J connectivity index is 1.64. The minimum atomic E-state index is -2.64. The first-order valence-electron chi connectivity index (χ1n) is 6.77. The molecule has 2 atom stereocenters. The first kappa shape index (κ1) is 13.4. The Bertz CT molecular complexity index is 635. The van der Waals surface area contributed by atoms with Gasteiger partial charge >= 0.3 is 0 Å². The standard InChI is InChI=1S/C17H17O2P/c18-20(19-13-15-7-3-1-4-8-15)12-11-17(14-20)16-9-5-2-6-10-16/h1-12,17H,13-14H2/t17-,20?/m0/s1. The maximum Gasteiger partial charge on any atom is 0.226 e. The Morgan fingerprint density at radius 1 is 1.00 bits per heavy atom. The molecule has 0 saturated heterocycles. The molecule has 1 aliphatic heterocycles. The van der Waals surface area contributed by atoms with Crippen LogP contribution in [0, 0.1) is 0 Å². The number of allylic oxidation sites excluding steroid dienone is 1. The lowest BCUT2D eigenvalue weighted by molar-refractivity contribution is 0.309. The zero-order chi connectivity index (χ0) is 13.8. The van der Waals surface area contributed by atoms with Crippen molar-refractivity contribution in [3.8, 4) is 0 Å². The highest BCUT2D eigenvalue weighted by atomic mass is 31.2. The van der Waals surface area contributed by atoms with Crippen LogP contribution in [0.3, 0.4) is 0 Å². The molecule has 2 aromatic carbocycles. The van der Waals surface area contributed by atoms with E-state index in [0.717, 1.165) is 5.56 Å². The van der Waals surface area contributed by atoms with Gasteiger partial charge in [0.1, 0.15) is 0 Å². The molecular formula is C17H17O2P. The van der Waals surface area contributed by atoms with Crippen LogP contribution in [-0.4, -0.2) is 6.16 Å². The molecule has 0 radical (unpaired) electrons. The van der Waals surface area contributed by atoms with Crippen LogP contribution >= 0.6 is 7.37 Å². The molecule has 0 spiro atoms. The van der Waals surface area contributed by atoms with Crippen LogP contribution in [0.1, 0.15) is 17.0 Å². The zero-order valence-corrected chi connectivity index (χ0v) is 12.1. The van der Waals surface area contributed by atoms with Crippen LogP contribution in [0.5, 0.6) is 0 Å². The Labute approximate surface area is 119 Å². The van der Waals surface area contributed by atoms with Gasteiger partial charge in [-0.2, -0.15) is 0 Å². The minimum absolute atomic E-state index is 0.206. The summed E-state index contributed by atoms with van der Waals surface area (Å²) in [7, 11) is -2.64. The number of hydrogen-bond acceptors (Lipinski definition) is 2. The van der Waals surface area contributed by atoms with E-state index in [0.29, 0.717) is 12.8 Å². The predicted octanol–water partition coefficient (Wildman–Crippen LogP) is 4.79. The van der Waals surface area contributed by atoms with E-state index in [2.05, 4.69) is 12.1 Å². The van der Waals surface area contributed by atoms with Crippen molar-refractivity contribution in [2.45, 2.75) is 12.5 Å². The molecule has 0 N–H and O–H groups in total. The van der Waals surface area contributed by atoms with E-state index in [1.807, 2.05) is 54.6 Å². The Morgan fingerprint density at radius 3 is 2.35 bits per heavy atom. The van der Waals surface area contributed by atoms with Crippen molar-refractivity contribution in [2.75, 3.05) is 6.16 Å². The smallest absolute Gasteiger partial charge is 0.226 e. The lowest BCUT2D eigenvalue weighted by Gasteiger charge is -2.14. The van der Waals surface area contributed by atoms with Gasteiger partial charge in [0.2, 0.25) is 7.37 Å². The van der Waals surface area contributed by atoms with Crippen molar-refractivity contribution in [2.24, 2.45) is 0 Å². The van der Waals surface area contributed by atoms with Gasteiger partial charge in [0.25, 0.3) is 0 Å². The highest BCUT2D eigenvalue weighted by molar-refractivity contribution is 7.62. The van der Waals surface area contributed by atoms with Crippen molar-refractivity contribution >= 4 is 7.37 Å². The molecule has 2 aromatic rings. The summed E-state index contributed by atoms with van der Waals surface area (Å²) in [4.78, 5) is 0. The molecule has 0 saturated carbocycles. The van der Waals surface area contributed by atoms with E-state index in [1.165, 1.54) is 5.56 Å². The van der Waals surface area contributed by atoms with E-state index in [-0.39, 0.29) is 5.92 Å². The number of hydrogen-bond donors (Lipinski definition) is 0. The largest absolute Gasteiger partial charge is 0.321 e. The van der Waals surface area contributed by atoms with E-state index < -0.39 is 7.37 Å². The Hall–Kier alpha value is -1.63. The summed E-state index contributed by atoms with van der Waals surface area (Å²) in [5, 5.41) is 0. The maximum absolute atomic E-state index is 12.7. The van der Waals surface area contributed by atoms with Gasteiger partial charge in [0.15, 0.2) is 0 Å². The second kappa shape index (κ2) is 5.78. The average molecular weight is 284 g/mol. The van der Waals surface area contributed by atoms with E-state index in [4.69, 9.17) is 4.52 Å². The lowest BCUT2D eigenvalue weighted by Crippen LogP contribution is -1.98. The summed E-state index contributed by atoms with van der Waals surface area (Å²) in [5.41, 5.74) is 2.25. The van der Waals surface area contributed by atoms with E-state index >= 15 is 0 Å². The predicted molar refractivity (Wildman–Crippen MR) is 82.0 cm³/mol.